The van der Waals surface area contributed by atoms with Gasteiger partial charge in [0.05, 0.1) is 0 Å². The highest BCUT2D eigenvalue weighted by molar-refractivity contribution is 5.73. The zero-order valence-electron chi connectivity index (χ0n) is 10.4. The molecule has 1 aromatic heterocycles. The molecule has 1 unspecified atom stereocenters. The molecule has 1 rings (SSSR count). The first-order chi connectivity index (χ1) is 8.15. The van der Waals surface area contributed by atoms with Gasteiger partial charge in [0.25, 0.3) is 0 Å². The minimum atomic E-state index is -0.778. The zero-order chi connectivity index (χ0) is 12.7. The number of nitrogens with zero attached hydrogens (tertiary/aromatic N) is 1. The molecule has 4 heteroatoms. The molecule has 0 saturated heterocycles. The van der Waals surface area contributed by atoms with Gasteiger partial charge in [-0.15, -0.1) is 0 Å². The Morgan fingerprint density at radius 3 is 2.94 bits per heavy atom. The van der Waals surface area contributed by atoms with Crippen LogP contribution >= 0.6 is 0 Å². The van der Waals surface area contributed by atoms with E-state index in [1.807, 2.05) is 13.0 Å². The number of hydrogen-bond donors (Lipinski definition) is 2. The summed E-state index contributed by atoms with van der Waals surface area (Å²) in [6, 6.07) is 1.47. The van der Waals surface area contributed by atoms with Gasteiger partial charge in [-0.3, -0.25) is 9.78 Å². The van der Waals surface area contributed by atoms with E-state index in [9.17, 15) is 4.79 Å². The van der Waals surface area contributed by atoms with Gasteiger partial charge in [-0.2, -0.15) is 0 Å². The highest BCUT2D eigenvalue weighted by atomic mass is 16.4. The predicted octanol–water partition coefficient (Wildman–Crippen LogP) is 2.12. The van der Waals surface area contributed by atoms with E-state index in [0.717, 1.165) is 24.0 Å². The fraction of sp³-hybridized carbons (Fsp3) is 0.538. The third kappa shape index (κ3) is 4.53. The second-order valence-electron chi connectivity index (χ2n) is 4.22. The molecule has 4 nitrogen and oxygen atoms in total. The molecular formula is C13H20N2O2. The van der Waals surface area contributed by atoms with E-state index < -0.39 is 12.0 Å². The number of unbranched alkanes of at least 4 members (excludes halogenated alkanes) is 1. The summed E-state index contributed by atoms with van der Waals surface area (Å²) in [6.07, 6.45) is 6.13. The van der Waals surface area contributed by atoms with E-state index in [1.165, 1.54) is 0 Å². The average molecular weight is 236 g/mol. The van der Waals surface area contributed by atoms with Gasteiger partial charge in [0, 0.05) is 18.9 Å². The first kappa shape index (κ1) is 13.6. The second kappa shape index (κ2) is 7.01. The smallest absolute Gasteiger partial charge is 0.320 e. The van der Waals surface area contributed by atoms with Crippen molar-refractivity contribution in [3.05, 3.63) is 29.6 Å². The maximum absolute atomic E-state index is 11.0. The molecule has 0 radical (unpaired) electrons. The van der Waals surface area contributed by atoms with E-state index >= 15 is 0 Å². The van der Waals surface area contributed by atoms with E-state index in [-0.39, 0.29) is 0 Å². The summed E-state index contributed by atoms with van der Waals surface area (Å²) in [5.41, 5.74) is 2.18. The molecule has 1 atom stereocenters. The van der Waals surface area contributed by atoms with Crippen molar-refractivity contribution in [2.75, 3.05) is 0 Å². The third-order valence-corrected chi connectivity index (χ3v) is 2.83. The first-order valence-corrected chi connectivity index (χ1v) is 6.00. The Balaban J connectivity index is 2.52. The third-order valence-electron chi connectivity index (χ3n) is 2.83. The fourth-order valence-electron chi connectivity index (χ4n) is 1.64. The van der Waals surface area contributed by atoms with Gasteiger partial charge in [0.1, 0.15) is 6.04 Å². The Bertz CT molecular complexity index is 366. The molecule has 1 heterocycles. The molecule has 0 aliphatic rings. The van der Waals surface area contributed by atoms with Crippen molar-refractivity contribution in [3.63, 3.8) is 0 Å². The van der Waals surface area contributed by atoms with Crippen LogP contribution in [0.3, 0.4) is 0 Å². The Kier molecular flexibility index (Phi) is 5.63. The maximum atomic E-state index is 11.0. The van der Waals surface area contributed by atoms with Gasteiger partial charge in [-0.1, -0.05) is 19.8 Å². The van der Waals surface area contributed by atoms with Crippen molar-refractivity contribution in [3.8, 4) is 0 Å². The number of rotatable bonds is 7. The summed E-state index contributed by atoms with van der Waals surface area (Å²) in [5.74, 6) is -0.778. The van der Waals surface area contributed by atoms with Crippen molar-refractivity contribution in [2.45, 2.75) is 45.7 Å². The minimum absolute atomic E-state index is 0.463. The van der Waals surface area contributed by atoms with Crippen LogP contribution in [0.4, 0.5) is 0 Å². The molecule has 94 valence electrons. The second-order valence-corrected chi connectivity index (χ2v) is 4.22. The summed E-state index contributed by atoms with van der Waals surface area (Å²) >= 11 is 0. The number of aliphatic carboxylic acids is 1. The van der Waals surface area contributed by atoms with Crippen LogP contribution in [-0.4, -0.2) is 22.1 Å². The largest absolute Gasteiger partial charge is 0.480 e. The Hall–Kier alpha value is -1.42. The molecule has 0 bridgehead atoms. The lowest BCUT2D eigenvalue weighted by Crippen LogP contribution is -2.36. The zero-order valence-corrected chi connectivity index (χ0v) is 10.4. The average Bonchev–Trinajstić information content (AvgIpc) is 2.31. The van der Waals surface area contributed by atoms with Gasteiger partial charge in [-0.05, 0) is 30.5 Å². The highest BCUT2D eigenvalue weighted by Crippen LogP contribution is 2.07. The summed E-state index contributed by atoms with van der Waals surface area (Å²) in [6.45, 7) is 4.62. The molecule has 0 fully saturated rings. The van der Waals surface area contributed by atoms with Crippen LogP contribution < -0.4 is 5.32 Å². The minimum Gasteiger partial charge on any atom is -0.480 e. The van der Waals surface area contributed by atoms with Gasteiger partial charge < -0.3 is 10.4 Å². The Labute approximate surface area is 102 Å². The molecular weight excluding hydrogens is 216 g/mol. The van der Waals surface area contributed by atoms with Crippen LogP contribution in [0, 0.1) is 6.92 Å². The van der Waals surface area contributed by atoms with Crippen LogP contribution in [0.5, 0.6) is 0 Å². The van der Waals surface area contributed by atoms with Crippen molar-refractivity contribution in [1.82, 2.24) is 10.3 Å². The number of carboxylic acid groups (broad SMARTS) is 1. The van der Waals surface area contributed by atoms with E-state index in [0.29, 0.717) is 13.0 Å². The number of carboxylic acids is 1. The molecule has 0 aromatic carbocycles. The van der Waals surface area contributed by atoms with Crippen LogP contribution in [0.2, 0.25) is 0 Å². The molecule has 0 amide bonds. The lowest BCUT2D eigenvalue weighted by atomic mass is 10.1. The van der Waals surface area contributed by atoms with Gasteiger partial charge in [0.15, 0.2) is 0 Å². The van der Waals surface area contributed by atoms with Gasteiger partial charge in [-0.25, -0.2) is 0 Å². The topological polar surface area (TPSA) is 62.2 Å². The molecule has 2 N–H and O–H groups in total. The van der Waals surface area contributed by atoms with Crippen molar-refractivity contribution < 1.29 is 9.90 Å². The predicted molar refractivity (Wildman–Crippen MR) is 66.8 cm³/mol. The number of nitrogens with one attached hydrogen (secondary N) is 1. The fourth-order valence-corrected chi connectivity index (χ4v) is 1.64. The highest BCUT2D eigenvalue weighted by Gasteiger charge is 2.15. The van der Waals surface area contributed by atoms with E-state index in [1.54, 1.807) is 12.4 Å². The molecule has 0 saturated carbocycles. The first-order valence-electron chi connectivity index (χ1n) is 6.00. The monoisotopic (exact) mass is 236 g/mol. The standard InChI is InChI=1S/C13H20N2O2/c1-3-4-5-12(13(16)17)15-9-11-8-14-7-6-10(11)2/h6-8,12,15H,3-5,9H2,1-2H3,(H,16,17). The molecule has 0 spiro atoms. The van der Waals surface area contributed by atoms with Crippen molar-refractivity contribution in [1.29, 1.82) is 0 Å². The van der Waals surface area contributed by atoms with E-state index in [2.05, 4.69) is 17.2 Å². The number of aromatic nitrogens is 1. The van der Waals surface area contributed by atoms with E-state index in [4.69, 9.17) is 5.11 Å². The van der Waals surface area contributed by atoms with Crippen molar-refractivity contribution >= 4 is 5.97 Å². The van der Waals surface area contributed by atoms with Crippen LogP contribution in [0.15, 0.2) is 18.5 Å². The normalized spacial score (nSPS) is 12.4. The maximum Gasteiger partial charge on any atom is 0.320 e. The van der Waals surface area contributed by atoms with Gasteiger partial charge in [0.2, 0.25) is 0 Å². The molecule has 1 aromatic rings. The SMILES string of the molecule is CCCCC(NCc1cnccc1C)C(=O)O. The lowest BCUT2D eigenvalue weighted by molar-refractivity contribution is -0.139. The van der Waals surface area contributed by atoms with Crippen LogP contribution in [0.1, 0.15) is 37.3 Å². The summed E-state index contributed by atoms with van der Waals surface area (Å²) < 4.78 is 0. The molecule has 0 aliphatic heterocycles. The number of hydrogen-bond acceptors (Lipinski definition) is 3. The quantitative estimate of drug-likeness (QED) is 0.761. The Morgan fingerprint density at radius 2 is 2.35 bits per heavy atom. The summed E-state index contributed by atoms with van der Waals surface area (Å²) in [5, 5.41) is 12.1. The lowest BCUT2D eigenvalue weighted by Gasteiger charge is -2.14. The van der Waals surface area contributed by atoms with Crippen LogP contribution in [0.25, 0.3) is 0 Å². The summed E-state index contributed by atoms with van der Waals surface area (Å²) in [7, 11) is 0. The van der Waals surface area contributed by atoms with Crippen LogP contribution in [-0.2, 0) is 11.3 Å². The number of pyridine rings is 1. The molecule has 0 aliphatic carbocycles. The number of carbonyl (C=O) groups is 1. The van der Waals surface area contributed by atoms with Crippen molar-refractivity contribution in [2.24, 2.45) is 0 Å². The summed E-state index contributed by atoms with van der Waals surface area (Å²) in [4.78, 5) is 15.1. The molecule has 17 heavy (non-hydrogen) atoms. The Morgan fingerprint density at radius 1 is 1.59 bits per heavy atom. The number of aryl methyl sites for hydroxylation is 1. The van der Waals surface area contributed by atoms with Gasteiger partial charge >= 0.3 is 5.97 Å².